The largest absolute Gasteiger partial charge is 0.396 e. The number of aliphatic hydroxyl groups excluding tert-OH is 1. The molecule has 1 aromatic rings. The van der Waals surface area contributed by atoms with E-state index in [2.05, 4.69) is 30.7 Å². The molecule has 0 amide bonds. The molecule has 0 fully saturated rings. The summed E-state index contributed by atoms with van der Waals surface area (Å²) in [6.45, 7) is 10.4. The SMILES string of the molecule is Cc1nc(C(C)(C)C)nc(C)c1CCO. The van der Waals surface area contributed by atoms with Crippen LogP contribution in [0, 0.1) is 13.8 Å². The molecule has 0 unspecified atom stereocenters. The van der Waals surface area contributed by atoms with E-state index in [1.54, 1.807) is 0 Å². The first-order chi connectivity index (χ1) is 6.86. The lowest BCUT2D eigenvalue weighted by Gasteiger charge is -2.19. The molecule has 0 saturated carbocycles. The molecule has 15 heavy (non-hydrogen) atoms. The first-order valence-electron chi connectivity index (χ1n) is 5.31. The Kier molecular flexibility index (Phi) is 3.45. The molecule has 0 aromatic carbocycles. The summed E-state index contributed by atoms with van der Waals surface area (Å²) in [5.41, 5.74) is 3.03. The molecule has 1 N–H and O–H groups in total. The summed E-state index contributed by atoms with van der Waals surface area (Å²) in [4.78, 5) is 9.00. The summed E-state index contributed by atoms with van der Waals surface area (Å²) < 4.78 is 0. The van der Waals surface area contributed by atoms with Crippen molar-refractivity contribution in [3.05, 3.63) is 22.8 Å². The monoisotopic (exact) mass is 208 g/mol. The van der Waals surface area contributed by atoms with Gasteiger partial charge >= 0.3 is 0 Å². The second-order valence-electron chi connectivity index (χ2n) is 4.92. The standard InChI is InChI=1S/C12H20N2O/c1-8-10(6-7-15)9(2)14-11(13-8)12(3,4)5/h15H,6-7H2,1-5H3. The number of aliphatic hydroxyl groups is 1. The fourth-order valence-corrected chi connectivity index (χ4v) is 1.55. The van der Waals surface area contributed by atoms with Crippen molar-refractivity contribution in [2.45, 2.75) is 46.5 Å². The van der Waals surface area contributed by atoms with E-state index in [9.17, 15) is 0 Å². The van der Waals surface area contributed by atoms with Gasteiger partial charge in [-0.25, -0.2) is 9.97 Å². The Balaban J connectivity index is 3.19. The molecule has 0 aliphatic rings. The molecule has 0 radical (unpaired) electrons. The summed E-state index contributed by atoms with van der Waals surface area (Å²) in [7, 11) is 0. The number of nitrogens with zero attached hydrogens (tertiary/aromatic N) is 2. The van der Waals surface area contributed by atoms with Crippen molar-refractivity contribution in [2.75, 3.05) is 6.61 Å². The molecular formula is C12H20N2O. The molecule has 1 aromatic heterocycles. The highest BCUT2D eigenvalue weighted by Gasteiger charge is 2.19. The molecule has 0 saturated heterocycles. The number of aryl methyl sites for hydroxylation is 2. The minimum atomic E-state index is -0.0206. The van der Waals surface area contributed by atoms with E-state index >= 15 is 0 Å². The third-order valence-electron chi connectivity index (χ3n) is 2.45. The minimum absolute atomic E-state index is 0.0206. The molecule has 84 valence electrons. The molecule has 3 nitrogen and oxygen atoms in total. The van der Waals surface area contributed by atoms with Crippen LogP contribution in [0.5, 0.6) is 0 Å². The maximum atomic E-state index is 8.94. The predicted octanol–water partition coefficient (Wildman–Crippen LogP) is 1.93. The smallest absolute Gasteiger partial charge is 0.134 e. The van der Waals surface area contributed by atoms with Crippen LogP contribution in [0.1, 0.15) is 43.5 Å². The molecule has 3 heteroatoms. The van der Waals surface area contributed by atoms with Gasteiger partial charge in [-0.15, -0.1) is 0 Å². The zero-order valence-electron chi connectivity index (χ0n) is 10.3. The Hall–Kier alpha value is -0.960. The molecule has 0 aliphatic heterocycles. The van der Waals surface area contributed by atoms with E-state index in [1.807, 2.05) is 13.8 Å². The van der Waals surface area contributed by atoms with Gasteiger partial charge in [0.15, 0.2) is 0 Å². The van der Waals surface area contributed by atoms with Crippen LogP contribution in [0.4, 0.5) is 0 Å². The third-order valence-corrected chi connectivity index (χ3v) is 2.45. The second-order valence-corrected chi connectivity index (χ2v) is 4.92. The van der Waals surface area contributed by atoms with Crippen LogP contribution in [0.25, 0.3) is 0 Å². The van der Waals surface area contributed by atoms with Gasteiger partial charge in [0, 0.05) is 23.4 Å². The number of hydrogen-bond donors (Lipinski definition) is 1. The zero-order chi connectivity index (χ0) is 11.6. The summed E-state index contributed by atoms with van der Waals surface area (Å²) in [5, 5.41) is 8.94. The van der Waals surface area contributed by atoms with Crippen LogP contribution >= 0.6 is 0 Å². The van der Waals surface area contributed by atoms with E-state index in [0.717, 1.165) is 22.8 Å². The predicted molar refractivity (Wildman–Crippen MR) is 61.0 cm³/mol. The minimum Gasteiger partial charge on any atom is -0.396 e. The van der Waals surface area contributed by atoms with Crippen LogP contribution < -0.4 is 0 Å². The van der Waals surface area contributed by atoms with Crippen LogP contribution in [-0.2, 0) is 11.8 Å². The lowest BCUT2D eigenvalue weighted by Crippen LogP contribution is -2.19. The average Bonchev–Trinajstić information content (AvgIpc) is 2.09. The fourth-order valence-electron chi connectivity index (χ4n) is 1.55. The normalized spacial score (nSPS) is 11.9. The highest BCUT2D eigenvalue weighted by molar-refractivity contribution is 5.26. The van der Waals surface area contributed by atoms with Gasteiger partial charge < -0.3 is 5.11 Å². The Bertz CT molecular complexity index is 330. The quantitative estimate of drug-likeness (QED) is 0.807. The van der Waals surface area contributed by atoms with Crippen LogP contribution in [0.15, 0.2) is 0 Å². The van der Waals surface area contributed by atoms with Gasteiger partial charge in [0.25, 0.3) is 0 Å². The second kappa shape index (κ2) is 4.27. The van der Waals surface area contributed by atoms with E-state index in [-0.39, 0.29) is 12.0 Å². The first kappa shape index (κ1) is 12.1. The van der Waals surface area contributed by atoms with E-state index in [0.29, 0.717) is 6.42 Å². The van der Waals surface area contributed by atoms with Gasteiger partial charge in [-0.1, -0.05) is 20.8 Å². The molecule has 0 atom stereocenters. The Morgan fingerprint density at radius 1 is 1.07 bits per heavy atom. The van der Waals surface area contributed by atoms with Crippen molar-refractivity contribution < 1.29 is 5.11 Å². The topological polar surface area (TPSA) is 46.0 Å². The van der Waals surface area contributed by atoms with E-state index in [4.69, 9.17) is 5.11 Å². The number of rotatable bonds is 2. The number of hydrogen-bond acceptors (Lipinski definition) is 3. The van der Waals surface area contributed by atoms with E-state index < -0.39 is 0 Å². The van der Waals surface area contributed by atoms with Gasteiger partial charge in [0.1, 0.15) is 5.82 Å². The Morgan fingerprint density at radius 2 is 1.53 bits per heavy atom. The Morgan fingerprint density at radius 3 is 1.87 bits per heavy atom. The first-order valence-corrected chi connectivity index (χ1v) is 5.31. The molecule has 0 spiro atoms. The van der Waals surface area contributed by atoms with Crippen molar-refractivity contribution in [1.82, 2.24) is 9.97 Å². The van der Waals surface area contributed by atoms with Gasteiger partial charge in [0.05, 0.1) is 0 Å². The zero-order valence-corrected chi connectivity index (χ0v) is 10.3. The van der Waals surface area contributed by atoms with Crippen LogP contribution in [0.3, 0.4) is 0 Å². The summed E-state index contributed by atoms with van der Waals surface area (Å²) in [6.07, 6.45) is 0.641. The van der Waals surface area contributed by atoms with Gasteiger partial charge in [0.2, 0.25) is 0 Å². The van der Waals surface area contributed by atoms with Crippen molar-refractivity contribution >= 4 is 0 Å². The summed E-state index contributed by atoms with van der Waals surface area (Å²) in [6, 6.07) is 0. The maximum Gasteiger partial charge on any atom is 0.134 e. The van der Waals surface area contributed by atoms with E-state index in [1.165, 1.54) is 0 Å². The van der Waals surface area contributed by atoms with Gasteiger partial charge in [-0.05, 0) is 25.8 Å². The van der Waals surface area contributed by atoms with Gasteiger partial charge in [-0.2, -0.15) is 0 Å². The molecule has 0 bridgehead atoms. The molecule has 1 rings (SSSR count). The van der Waals surface area contributed by atoms with Crippen molar-refractivity contribution in [3.8, 4) is 0 Å². The van der Waals surface area contributed by atoms with Gasteiger partial charge in [-0.3, -0.25) is 0 Å². The van der Waals surface area contributed by atoms with Crippen LogP contribution in [0.2, 0.25) is 0 Å². The van der Waals surface area contributed by atoms with Crippen molar-refractivity contribution in [1.29, 1.82) is 0 Å². The van der Waals surface area contributed by atoms with Crippen molar-refractivity contribution in [2.24, 2.45) is 0 Å². The van der Waals surface area contributed by atoms with Crippen molar-refractivity contribution in [3.63, 3.8) is 0 Å². The molecular weight excluding hydrogens is 188 g/mol. The highest BCUT2D eigenvalue weighted by Crippen LogP contribution is 2.20. The molecule has 1 heterocycles. The lowest BCUT2D eigenvalue weighted by atomic mass is 9.95. The number of aromatic nitrogens is 2. The summed E-state index contributed by atoms with van der Waals surface area (Å²) >= 11 is 0. The highest BCUT2D eigenvalue weighted by atomic mass is 16.2. The average molecular weight is 208 g/mol. The summed E-state index contributed by atoms with van der Waals surface area (Å²) in [5.74, 6) is 0.874. The lowest BCUT2D eigenvalue weighted by molar-refractivity contribution is 0.298. The fraction of sp³-hybridized carbons (Fsp3) is 0.667. The maximum absolute atomic E-state index is 8.94. The third kappa shape index (κ3) is 2.75. The Labute approximate surface area is 91.6 Å². The molecule has 0 aliphatic carbocycles. The van der Waals surface area contributed by atoms with Crippen LogP contribution in [-0.4, -0.2) is 21.7 Å².